The molecule has 2 heterocycles. The van der Waals surface area contributed by atoms with Gasteiger partial charge in [0, 0.05) is 24.3 Å². The molecule has 1 atom stereocenters. The molecule has 0 spiro atoms. The number of carbonyl (C=O) groups is 1. The zero-order valence-electron chi connectivity index (χ0n) is 14.0. The van der Waals surface area contributed by atoms with Crippen LogP contribution in [0.1, 0.15) is 56.8 Å². The van der Waals surface area contributed by atoms with Crippen LogP contribution in [0.2, 0.25) is 0 Å². The maximum absolute atomic E-state index is 12.3. The van der Waals surface area contributed by atoms with Gasteiger partial charge in [0.25, 0.3) is 0 Å². The fourth-order valence-corrected chi connectivity index (χ4v) is 3.09. The van der Waals surface area contributed by atoms with Gasteiger partial charge in [-0.15, -0.1) is 0 Å². The van der Waals surface area contributed by atoms with Crippen molar-refractivity contribution < 1.29 is 9.32 Å². The van der Waals surface area contributed by atoms with Crippen LogP contribution in [0.5, 0.6) is 0 Å². The van der Waals surface area contributed by atoms with Gasteiger partial charge in [-0.2, -0.15) is 4.98 Å². The number of benzene rings is 1. The van der Waals surface area contributed by atoms with Crippen LogP contribution in [0.3, 0.4) is 0 Å². The summed E-state index contributed by atoms with van der Waals surface area (Å²) >= 11 is 0. The average Bonchev–Trinajstić information content (AvgIpc) is 3.01. The van der Waals surface area contributed by atoms with Crippen molar-refractivity contribution >= 4 is 5.91 Å². The summed E-state index contributed by atoms with van der Waals surface area (Å²) < 4.78 is 5.24. The van der Waals surface area contributed by atoms with Gasteiger partial charge in [-0.25, -0.2) is 0 Å². The zero-order valence-corrected chi connectivity index (χ0v) is 14.0. The van der Waals surface area contributed by atoms with E-state index in [2.05, 4.69) is 41.3 Å². The second-order valence-electron chi connectivity index (χ2n) is 6.88. The van der Waals surface area contributed by atoms with Gasteiger partial charge >= 0.3 is 0 Å². The standard InChI is InChI=1S/C18H23N3O2/c1-13(2)17-19-15(20-23-17)11-21-12-18(3,10-9-16(21)22)14-7-5-4-6-8-14/h4-8,13H,9-12H2,1-3H3/t18-/m0/s1. The van der Waals surface area contributed by atoms with Crippen molar-refractivity contribution in [2.75, 3.05) is 6.54 Å². The fourth-order valence-electron chi connectivity index (χ4n) is 3.09. The molecule has 122 valence electrons. The van der Waals surface area contributed by atoms with Gasteiger partial charge in [0.15, 0.2) is 5.82 Å². The minimum absolute atomic E-state index is 0.0280. The van der Waals surface area contributed by atoms with Crippen molar-refractivity contribution in [1.82, 2.24) is 15.0 Å². The highest BCUT2D eigenvalue weighted by Gasteiger charge is 2.36. The first-order valence-electron chi connectivity index (χ1n) is 8.14. The number of piperidine rings is 1. The summed E-state index contributed by atoms with van der Waals surface area (Å²) in [7, 11) is 0. The molecule has 3 rings (SSSR count). The lowest BCUT2D eigenvalue weighted by Gasteiger charge is -2.40. The molecule has 1 saturated heterocycles. The van der Waals surface area contributed by atoms with E-state index in [-0.39, 0.29) is 17.2 Å². The van der Waals surface area contributed by atoms with Crippen LogP contribution >= 0.6 is 0 Å². The molecule has 0 unspecified atom stereocenters. The van der Waals surface area contributed by atoms with Gasteiger partial charge in [-0.1, -0.05) is 56.3 Å². The number of amides is 1. The summed E-state index contributed by atoms with van der Waals surface area (Å²) in [5, 5.41) is 4.01. The summed E-state index contributed by atoms with van der Waals surface area (Å²) in [5.74, 6) is 1.56. The zero-order chi connectivity index (χ0) is 16.4. The summed E-state index contributed by atoms with van der Waals surface area (Å²) in [5.41, 5.74) is 1.24. The fraction of sp³-hybridized carbons (Fsp3) is 0.500. The molecule has 0 bridgehead atoms. The van der Waals surface area contributed by atoms with E-state index in [0.29, 0.717) is 31.2 Å². The molecule has 1 aliphatic rings. The van der Waals surface area contributed by atoms with Crippen molar-refractivity contribution in [3.8, 4) is 0 Å². The van der Waals surface area contributed by atoms with Crippen LogP contribution in [0, 0.1) is 0 Å². The summed E-state index contributed by atoms with van der Waals surface area (Å²) in [4.78, 5) is 18.5. The summed E-state index contributed by atoms with van der Waals surface area (Å²) in [6.07, 6.45) is 1.43. The van der Waals surface area contributed by atoms with Crippen LogP contribution in [0.15, 0.2) is 34.9 Å². The SMILES string of the molecule is CC(C)c1nc(CN2C[C@@](C)(c3ccccc3)CCC2=O)no1. The lowest BCUT2D eigenvalue weighted by molar-refractivity contribution is -0.136. The Bertz CT molecular complexity index is 681. The predicted molar refractivity (Wildman–Crippen MR) is 86.8 cm³/mol. The van der Waals surface area contributed by atoms with E-state index in [1.807, 2.05) is 24.8 Å². The molecule has 1 amide bonds. The normalized spacial score (nSPS) is 21.9. The van der Waals surface area contributed by atoms with Gasteiger partial charge in [-0.05, 0) is 12.0 Å². The monoisotopic (exact) mass is 313 g/mol. The highest BCUT2D eigenvalue weighted by atomic mass is 16.5. The number of hydrogen-bond donors (Lipinski definition) is 0. The first-order valence-corrected chi connectivity index (χ1v) is 8.14. The Labute approximate surface area is 136 Å². The van der Waals surface area contributed by atoms with Crippen molar-refractivity contribution in [3.05, 3.63) is 47.6 Å². The minimum Gasteiger partial charge on any atom is -0.339 e. The number of aromatic nitrogens is 2. The molecule has 1 fully saturated rings. The first-order chi connectivity index (χ1) is 11.0. The van der Waals surface area contributed by atoms with Crippen LogP contribution in [0.4, 0.5) is 0 Å². The molecule has 2 aromatic rings. The lowest BCUT2D eigenvalue weighted by Crippen LogP contribution is -2.47. The Balaban J connectivity index is 1.77. The Morgan fingerprint density at radius 3 is 2.70 bits per heavy atom. The molecule has 1 aliphatic heterocycles. The van der Waals surface area contributed by atoms with E-state index >= 15 is 0 Å². The molecular formula is C18H23N3O2. The second kappa shape index (κ2) is 6.14. The number of nitrogens with zero attached hydrogens (tertiary/aromatic N) is 3. The molecule has 0 aliphatic carbocycles. The molecule has 23 heavy (non-hydrogen) atoms. The van der Waals surface area contributed by atoms with E-state index in [1.54, 1.807) is 0 Å². The molecule has 0 N–H and O–H groups in total. The maximum atomic E-state index is 12.3. The van der Waals surface area contributed by atoms with Crippen molar-refractivity contribution in [2.24, 2.45) is 0 Å². The number of rotatable bonds is 4. The second-order valence-corrected chi connectivity index (χ2v) is 6.88. The Hall–Kier alpha value is -2.17. The van der Waals surface area contributed by atoms with Crippen molar-refractivity contribution in [3.63, 3.8) is 0 Å². The number of carbonyl (C=O) groups excluding carboxylic acids is 1. The Kier molecular flexibility index (Phi) is 4.20. The molecule has 1 aromatic heterocycles. The number of hydrogen-bond acceptors (Lipinski definition) is 4. The van der Waals surface area contributed by atoms with Gasteiger partial charge < -0.3 is 9.42 Å². The van der Waals surface area contributed by atoms with E-state index in [0.717, 1.165) is 6.42 Å². The highest BCUT2D eigenvalue weighted by molar-refractivity contribution is 5.77. The molecule has 5 heteroatoms. The largest absolute Gasteiger partial charge is 0.339 e. The van der Waals surface area contributed by atoms with Gasteiger partial charge in [0.1, 0.15) is 0 Å². The highest BCUT2D eigenvalue weighted by Crippen LogP contribution is 2.34. The molecule has 0 radical (unpaired) electrons. The van der Waals surface area contributed by atoms with Crippen LogP contribution in [0.25, 0.3) is 0 Å². The Morgan fingerprint density at radius 1 is 1.30 bits per heavy atom. The smallest absolute Gasteiger partial charge is 0.229 e. The van der Waals surface area contributed by atoms with Crippen molar-refractivity contribution in [1.29, 1.82) is 0 Å². The van der Waals surface area contributed by atoms with Gasteiger partial charge in [0.05, 0.1) is 6.54 Å². The van der Waals surface area contributed by atoms with Crippen LogP contribution in [-0.2, 0) is 16.8 Å². The van der Waals surface area contributed by atoms with Gasteiger partial charge in [-0.3, -0.25) is 4.79 Å². The first kappa shape index (κ1) is 15.7. The topological polar surface area (TPSA) is 59.2 Å². The van der Waals surface area contributed by atoms with Crippen molar-refractivity contribution in [2.45, 2.75) is 51.5 Å². The predicted octanol–water partition coefficient (Wildman–Crippen LogP) is 3.27. The third-order valence-corrected chi connectivity index (χ3v) is 4.56. The Morgan fingerprint density at radius 2 is 2.04 bits per heavy atom. The van der Waals surface area contributed by atoms with Crippen LogP contribution in [-0.4, -0.2) is 27.5 Å². The van der Waals surface area contributed by atoms with Crippen LogP contribution < -0.4 is 0 Å². The summed E-state index contributed by atoms with van der Waals surface area (Å²) in [6.45, 7) is 7.34. The lowest BCUT2D eigenvalue weighted by atomic mass is 9.76. The maximum Gasteiger partial charge on any atom is 0.229 e. The minimum atomic E-state index is -0.0280. The third kappa shape index (κ3) is 3.28. The number of likely N-dealkylation sites (tertiary alicyclic amines) is 1. The van der Waals surface area contributed by atoms with E-state index in [9.17, 15) is 4.79 Å². The van der Waals surface area contributed by atoms with Gasteiger partial charge in [0.2, 0.25) is 11.8 Å². The molecular weight excluding hydrogens is 290 g/mol. The van der Waals surface area contributed by atoms with E-state index < -0.39 is 0 Å². The molecule has 5 nitrogen and oxygen atoms in total. The molecule has 0 saturated carbocycles. The average molecular weight is 313 g/mol. The van der Waals surface area contributed by atoms with E-state index in [1.165, 1.54) is 5.56 Å². The molecule has 1 aromatic carbocycles. The summed E-state index contributed by atoms with van der Waals surface area (Å²) in [6, 6.07) is 10.4. The quantitative estimate of drug-likeness (QED) is 0.869. The van der Waals surface area contributed by atoms with E-state index in [4.69, 9.17) is 4.52 Å². The third-order valence-electron chi connectivity index (χ3n) is 4.56.